The van der Waals surface area contributed by atoms with Crippen LogP contribution in [-0.4, -0.2) is 37.2 Å². The maximum Gasteiger partial charge on any atom is 0.0700 e. The molecule has 0 radical (unpaired) electrons. The van der Waals surface area contributed by atoms with Crippen LogP contribution in [0.1, 0.15) is 37.4 Å². The molecule has 2 atom stereocenters. The fourth-order valence-electron chi connectivity index (χ4n) is 2.93. The Kier molecular flexibility index (Phi) is 5.37. The summed E-state index contributed by atoms with van der Waals surface area (Å²) in [5, 5.41) is 0. The minimum Gasteiger partial charge on any atom is -0.376 e. The van der Waals surface area contributed by atoms with Crippen molar-refractivity contribution in [1.29, 1.82) is 0 Å². The Labute approximate surface area is 116 Å². The monoisotopic (exact) mass is 262 g/mol. The van der Waals surface area contributed by atoms with Crippen LogP contribution in [0.15, 0.2) is 24.3 Å². The van der Waals surface area contributed by atoms with Gasteiger partial charge in [-0.25, -0.2) is 0 Å². The van der Waals surface area contributed by atoms with Gasteiger partial charge >= 0.3 is 0 Å². The van der Waals surface area contributed by atoms with Crippen molar-refractivity contribution < 1.29 is 4.74 Å². The highest BCUT2D eigenvalue weighted by Gasteiger charge is 2.26. The number of hydrogen-bond acceptors (Lipinski definition) is 3. The molecule has 1 aliphatic heterocycles. The average molecular weight is 262 g/mol. The van der Waals surface area contributed by atoms with Crippen molar-refractivity contribution >= 4 is 0 Å². The number of nitrogens with zero attached hydrogens (tertiary/aromatic N) is 1. The Morgan fingerprint density at radius 1 is 1.37 bits per heavy atom. The molecule has 0 saturated carbocycles. The second-order valence-corrected chi connectivity index (χ2v) is 5.20. The molecule has 2 rings (SSSR count). The van der Waals surface area contributed by atoms with E-state index < -0.39 is 0 Å². The quantitative estimate of drug-likeness (QED) is 0.885. The summed E-state index contributed by atoms with van der Waals surface area (Å²) in [7, 11) is 0. The van der Waals surface area contributed by atoms with Crippen LogP contribution in [0.5, 0.6) is 0 Å². The van der Waals surface area contributed by atoms with Crippen LogP contribution in [0.2, 0.25) is 0 Å². The van der Waals surface area contributed by atoms with Gasteiger partial charge in [-0.05, 0) is 24.0 Å². The number of benzene rings is 1. The number of rotatable bonds is 5. The molecule has 1 aliphatic rings. The molecule has 3 nitrogen and oxygen atoms in total. The zero-order valence-electron chi connectivity index (χ0n) is 12.1. The maximum atomic E-state index is 6.06. The van der Waals surface area contributed by atoms with Crippen LogP contribution in [0.25, 0.3) is 0 Å². The smallest absolute Gasteiger partial charge is 0.0700 e. The Bertz CT molecular complexity index is 394. The molecule has 1 fully saturated rings. The van der Waals surface area contributed by atoms with Crippen LogP contribution < -0.4 is 5.73 Å². The molecular weight excluding hydrogens is 236 g/mol. The van der Waals surface area contributed by atoms with E-state index in [-0.39, 0.29) is 0 Å². The first-order valence-electron chi connectivity index (χ1n) is 7.43. The van der Waals surface area contributed by atoms with Gasteiger partial charge in [0, 0.05) is 25.7 Å². The van der Waals surface area contributed by atoms with Gasteiger partial charge < -0.3 is 10.5 Å². The van der Waals surface area contributed by atoms with Crippen LogP contribution in [0.3, 0.4) is 0 Å². The number of morpholine rings is 1. The van der Waals surface area contributed by atoms with Crippen LogP contribution in [0.4, 0.5) is 0 Å². The fraction of sp³-hybridized carbons (Fsp3) is 0.625. The van der Waals surface area contributed by atoms with E-state index >= 15 is 0 Å². The Balaban J connectivity index is 2.19. The molecule has 1 aromatic rings. The van der Waals surface area contributed by atoms with E-state index in [1.807, 2.05) is 0 Å². The van der Waals surface area contributed by atoms with Crippen molar-refractivity contribution in [3.8, 4) is 0 Å². The summed E-state index contributed by atoms with van der Waals surface area (Å²) in [5.74, 6) is 0. The molecule has 0 aromatic heterocycles. The van der Waals surface area contributed by atoms with Crippen molar-refractivity contribution in [2.75, 3.05) is 26.2 Å². The normalized spacial score (nSPS) is 22.4. The van der Waals surface area contributed by atoms with E-state index in [4.69, 9.17) is 10.5 Å². The molecule has 1 saturated heterocycles. The molecule has 1 aromatic carbocycles. The molecule has 106 valence electrons. The van der Waals surface area contributed by atoms with E-state index in [1.165, 1.54) is 11.1 Å². The lowest BCUT2D eigenvalue weighted by Gasteiger charge is -2.38. The number of nitrogens with two attached hydrogens (primary N) is 1. The summed E-state index contributed by atoms with van der Waals surface area (Å²) in [5.41, 5.74) is 8.87. The van der Waals surface area contributed by atoms with E-state index in [1.54, 1.807) is 0 Å². The van der Waals surface area contributed by atoms with E-state index in [9.17, 15) is 0 Å². The number of ether oxygens (including phenoxy) is 1. The van der Waals surface area contributed by atoms with Gasteiger partial charge in [0.15, 0.2) is 0 Å². The topological polar surface area (TPSA) is 38.5 Å². The zero-order chi connectivity index (χ0) is 13.7. The predicted octanol–water partition coefficient (Wildman–Crippen LogP) is 2.36. The first-order valence-corrected chi connectivity index (χ1v) is 7.43. The van der Waals surface area contributed by atoms with Gasteiger partial charge in [0.25, 0.3) is 0 Å². The van der Waals surface area contributed by atoms with Crippen LogP contribution in [0, 0.1) is 0 Å². The molecule has 2 N–H and O–H groups in total. The SMILES string of the molecule is CCc1ccccc1C(CN)N1CCOC(CC)C1. The lowest BCUT2D eigenvalue weighted by molar-refractivity contribution is -0.0438. The van der Waals surface area contributed by atoms with Gasteiger partial charge in [0.2, 0.25) is 0 Å². The van der Waals surface area contributed by atoms with Gasteiger partial charge in [-0.1, -0.05) is 38.1 Å². The largest absolute Gasteiger partial charge is 0.376 e. The highest BCUT2D eigenvalue weighted by atomic mass is 16.5. The highest BCUT2D eigenvalue weighted by molar-refractivity contribution is 5.30. The predicted molar refractivity (Wildman–Crippen MR) is 79.2 cm³/mol. The second-order valence-electron chi connectivity index (χ2n) is 5.20. The summed E-state index contributed by atoms with van der Waals surface area (Å²) in [4.78, 5) is 2.49. The molecule has 0 aliphatic carbocycles. The Morgan fingerprint density at radius 3 is 2.84 bits per heavy atom. The van der Waals surface area contributed by atoms with Crippen LogP contribution in [-0.2, 0) is 11.2 Å². The summed E-state index contributed by atoms with van der Waals surface area (Å²) >= 11 is 0. The molecule has 3 heteroatoms. The molecule has 19 heavy (non-hydrogen) atoms. The van der Waals surface area contributed by atoms with Gasteiger partial charge in [0.1, 0.15) is 0 Å². The highest BCUT2D eigenvalue weighted by Crippen LogP contribution is 2.26. The van der Waals surface area contributed by atoms with Crippen molar-refractivity contribution in [3.05, 3.63) is 35.4 Å². The van der Waals surface area contributed by atoms with Gasteiger partial charge in [-0.15, -0.1) is 0 Å². The molecule has 2 unspecified atom stereocenters. The second kappa shape index (κ2) is 7.04. The first-order chi connectivity index (χ1) is 9.30. The van der Waals surface area contributed by atoms with Crippen molar-refractivity contribution in [2.45, 2.75) is 38.8 Å². The first kappa shape index (κ1) is 14.5. The number of hydrogen-bond donors (Lipinski definition) is 1. The molecular formula is C16H26N2O. The lowest BCUT2D eigenvalue weighted by Crippen LogP contribution is -2.46. The average Bonchev–Trinajstić information content (AvgIpc) is 2.49. The van der Waals surface area contributed by atoms with Gasteiger partial charge in [-0.3, -0.25) is 4.90 Å². The van der Waals surface area contributed by atoms with E-state index in [0.717, 1.165) is 32.5 Å². The van der Waals surface area contributed by atoms with Crippen molar-refractivity contribution in [3.63, 3.8) is 0 Å². The van der Waals surface area contributed by atoms with E-state index in [2.05, 4.69) is 43.0 Å². The van der Waals surface area contributed by atoms with Crippen LogP contribution >= 0.6 is 0 Å². The molecule has 0 amide bonds. The molecule has 0 bridgehead atoms. The van der Waals surface area contributed by atoms with Gasteiger partial charge in [-0.2, -0.15) is 0 Å². The third-order valence-corrected chi connectivity index (χ3v) is 4.08. The number of aryl methyl sites for hydroxylation is 1. The Morgan fingerprint density at radius 2 is 2.16 bits per heavy atom. The van der Waals surface area contributed by atoms with Gasteiger partial charge in [0.05, 0.1) is 12.7 Å². The van der Waals surface area contributed by atoms with E-state index in [0.29, 0.717) is 18.7 Å². The summed E-state index contributed by atoms with van der Waals surface area (Å²) in [6, 6.07) is 9.01. The summed E-state index contributed by atoms with van der Waals surface area (Å²) in [6.07, 6.45) is 2.49. The zero-order valence-corrected chi connectivity index (χ0v) is 12.1. The maximum absolute atomic E-state index is 6.06. The fourth-order valence-corrected chi connectivity index (χ4v) is 2.93. The minimum absolute atomic E-state index is 0.328. The Hall–Kier alpha value is -0.900. The third kappa shape index (κ3) is 3.35. The minimum atomic E-state index is 0.328. The lowest BCUT2D eigenvalue weighted by atomic mass is 9.96. The summed E-state index contributed by atoms with van der Waals surface area (Å²) in [6.45, 7) is 7.87. The standard InChI is InChI=1S/C16H26N2O/c1-3-13-7-5-6-8-15(13)16(11-17)18-9-10-19-14(4-2)12-18/h5-8,14,16H,3-4,9-12,17H2,1-2H3. The third-order valence-electron chi connectivity index (χ3n) is 4.08. The summed E-state index contributed by atoms with van der Waals surface area (Å²) < 4.78 is 5.76. The van der Waals surface area contributed by atoms with Crippen molar-refractivity contribution in [1.82, 2.24) is 4.90 Å². The molecule has 0 spiro atoms. The van der Waals surface area contributed by atoms with Crippen molar-refractivity contribution in [2.24, 2.45) is 5.73 Å². The molecule has 1 heterocycles.